The summed E-state index contributed by atoms with van der Waals surface area (Å²) in [6.07, 6.45) is 1.30. The maximum atomic E-state index is 13.5. The van der Waals surface area contributed by atoms with Crippen LogP contribution in [0.2, 0.25) is 0 Å². The van der Waals surface area contributed by atoms with Crippen LogP contribution in [0, 0.1) is 17.2 Å². The Morgan fingerprint density at radius 2 is 1.95 bits per heavy atom. The third-order valence-corrected chi connectivity index (χ3v) is 8.96. The molecule has 2 nitrogen and oxygen atoms in total. The number of rotatable bonds is 5. The molecule has 0 amide bonds. The van der Waals surface area contributed by atoms with Gasteiger partial charge >= 0.3 is 0 Å². The van der Waals surface area contributed by atoms with Crippen molar-refractivity contribution in [3.05, 3.63) is 34.1 Å². The summed E-state index contributed by atoms with van der Waals surface area (Å²) in [5.41, 5.74) is 0.637. The Hall–Kier alpha value is 0.540. The van der Waals surface area contributed by atoms with E-state index in [0.717, 1.165) is 10.0 Å². The van der Waals surface area contributed by atoms with Gasteiger partial charge in [-0.05, 0) is 47.9 Å². The van der Waals surface area contributed by atoms with Gasteiger partial charge in [-0.1, -0.05) is 47.8 Å². The fourth-order valence-corrected chi connectivity index (χ4v) is 7.40. The number of hydrogen-bond acceptors (Lipinski definition) is 2. The van der Waals surface area contributed by atoms with Crippen LogP contribution in [-0.2, 0) is 16.3 Å². The highest BCUT2D eigenvalue weighted by Crippen LogP contribution is 2.42. The fourth-order valence-electron chi connectivity index (χ4n) is 2.83. The Morgan fingerprint density at radius 3 is 2.48 bits per heavy atom. The van der Waals surface area contributed by atoms with Gasteiger partial charge in [-0.25, -0.2) is 12.8 Å². The minimum Gasteiger partial charge on any atom is -0.229 e. The van der Waals surface area contributed by atoms with Crippen LogP contribution in [-0.4, -0.2) is 30.6 Å². The molecule has 0 spiro atoms. The van der Waals surface area contributed by atoms with Gasteiger partial charge in [-0.15, -0.1) is 0 Å². The molecule has 1 aromatic rings. The van der Waals surface area contributed by atoms with E-state index in [1.807, 2.05) is 0 Å². The molecule has 1 aromatic carbocycles. The van der Waals surface area contributed by atoms with Crippen LogP contribution in [0.1, 0.15) is 12.0 Å². The van der Waals surface area contributed by atoms with Gasteiger partial charge in [-0.2, -0.15) is 0 Å². The Balaban J connectivity index is 2.32. The second kappa shape index (κ2) is 6.97. The second-order valence-corrected chi connectivity index (χ2v) is 9.85. The van der Waals surface area contributed by atoms with Gasteiger partial charge in [0.05, 0.1) is 11.5 Å². The molecule has 1 aliphatic rings. The Morgan fingerprint density at radius 1 is 1.29 bits per heavy atom. The number of alkyl halides is 2. The average molecular weight is 507 g/mol. The molecular weight excluding hydrogens is 491 g/mol. The molecule has 1 fully saturated rings. The molecule has 0 aromatic heterocycles. The summed E-state index contributed by atoms with van der Waals surface area (Å²) in [7, 11) is -2.94. The van der Waals surface area contributed by atoms with Crippen molar-refractivity contribution in [1.29, 1.82) is 0 Å². The molecule has 0 radical (unpaired) electrons. The van der Waals surface area contributed by atoms with E-state index in [4.69, 9.17) is 0 Å². The van der Waals surface area contributed by atoms with Gasteiger partial charge in [0.1, 0.15) is 5.82 Å². The molecule has 0 bridgehead atoms. The Kier molecular flexibility index (Phi) is 5.94. The van der Waals surface area contributed by atoms with E-state index in [0.29, 0.717) is 23.5 Å². The average Bonchev–Trinajstić information content (AvgIpc) is 2.81. The lowest BCUT2D eigenvalue weighted by Crippen LogP contribution is -2.37. The molecular formula is C14H16Br3FO2S. The zero-order valence-corrected chi connectivity index (χ0v) is 16.9. The minimum atomic E-state index is -2.94. The van der Waals surface area contributed by atoms with Crippen LogP contribution in [0.15, 0.2) is 22.7 Å². The maximum absolute atomic E-state index is 13.5. The molecule has 0 N–H and O–H groups in total. The van der Waals surface area contributed by atoms with E-state index >= 15 is 0 Å². The highest BCUT2D eigenvalue weighted by atomic mass is 79.9. The largest absolute Gasteiger partial charge is 0.229 e. The van der Waals surface area contributed by atoms with Gasteiger partial charge < -0.3 is 0 Å². The fraction of sp³-hybridized carbons (Fsp3) is 0.571. The first-order valence-corrected chi connectivity index (χ1v) is 11.4. The summed E-state index contributed by atoms with van der Waals surface area (Å²) < 4.78 is 37.9. The third-order valence-electron chi connectivity index (χ3n) is 4.18. The first-order chi connectivity index (χ1) is 9.82. The quantitative estimate of drug-likeness (QED) is 0.557. The van der Waals surface area contributed by atoms with Crippen LogP contribution in [0.5, 0.6) is 0 Å². The van der Waals surface area contributed by atoms with E-state index in [9.17, 15) is 12.8 Å². The van der Waals surface area contributed by atoms with Crippen molar-refractivity contribution in [1.82, 2.24) is 0 Å². The summed E-state index contributed by atoms with van der Waals surface area (Å²) in [4.78, 5) is 0. The predicted molar refractivity (Wildman–Crippen MR) is 94.6 cm³/mol. The molecule has 0 saturated carbocycles. The van der Waals surface area contributed by atoms with Gasteiger partial charge in [-0.3, -0.25) is 0 Å². The standard InChI is InChI=1S/C14H16Br3FO2S/c15-8-14(9-16,11-3-4-21(19,20)7-11)6-10-5-12(18)1-2-13(10)17/h1-2,5,11H,3-4,6-9H2. The molecule has 1 unspecified atom stereocenters. The molecule has 1 atom stereocenters. The lowest BCUT2D eigenvalue weighted by Gasteiger charge is -2.36. The monoisotopic (exact) mass is 504 g/mol. The van der Waals surface area contributed by atoms with Gasteiger partial charge in [0, 0.05) is 15.1 Å². The van der Waals surface area contributed by atoms with Gasteiger partial charge in [0.15, 0.2) is 9.84 Å². The molecule has 1 heterocycles. The number of sulfone groups is 1. The third kappa shape index (κ3) is 4.09. The van der Waals surface area contributed by atoms with Crippen LogP contribution in [0.3, 0.4) is 0 Å². The minimum absolute atomic E-state index is 0.0800. The van der Waals surface area contributed by atoms with Crippen LogP contribution < -0.4 is 0 Å². The lowest BCUT2D eigenvalue weighted by molar-refractivity contribution is 0.252. The van der Waals surface area contributed by atoms with E-state index < -0.39 is 9.84 Å². The number of halogens is 4. The topological polar surface area (TPSA) is 34.1 Å². The van der Waals surface area contributed by atoms with Crippen molar-refractivity contribution in [2.24, 2.45) is 11.3 Å². The molecule has 118 valence electrons. The maximum Gasteiger partial charge on any atom is 0.150 e. The number of benzene rings is 1. The summed E-state index contributed by atoms with van der Waals surface area (Å²) in [5, 5.41) is 1.35. The Bertz CT molecular complexity index is 615. The first-order valence-electron chi connectivity index (χ1n) is 6.58. The molecule has 1 saturated heterocycles. The van der Waals surface area contributed by atoms with Crippen molar-refractivity contribution >= 4 is 57.6 Å². The highest BCUT2D eigenvalue weighted by Gasteiger charge is 2.43. The summed E-state index contributed by atoms with van der Waals surface area (Å²) in [6, 6.07) is 4.63. The second-order valence-electron chi connectivity index (χ2n) is 5.64. The van der Waals surface area contributed by atoms with Crippen molar-refractivity contribution < 1.29 is 12.8 Å². The molecule has 1 aliphatic heterocycles. The summed E-state index contributed by atoms with van der Waals surface area (Å²) >= 11 is 10.6. The molecule has 2 rings (SSSR count). The van der Waals surface area contributed by atoms with E-state index in [1.165, 1.54) is 12.1 Å². The highest BCUT2D eigenvalue weighted by molar-refractivity contribution is 9.10. The van der Waals surface area contributed by atoms with E-state index in [2.05, 4.69) is 47.8 Å². The Labute approximate surface area is 150 Å². The predicted octanol–water partition coefficient (Wildman–Crippen LogP) is 4.34. The number of hydrogen-bond donors (Lipinski definition) is 0. The summed E-state index contributed by atoms with van der Waals surface area (Å²) in [6.45, 7) is 0. The van der Waals surface area contributed by atoms with E-state index in [-0.39, 0.29) is 28.7 Å². The normalized spacial score (nSPS) is 21.6. The van der Waals surface area contributed by atoms with E-state index in [1.54, 1.807) is 6.07 Å². The van der Waals surface area contributed by atoms with Crippen LogP contribution in [0.4, 0.5) is 4.39 Å². The molecule has 7 heteroatoms. The van der Waals surface area contributed by atoms with Gasteiger partial charge in [0.25, 0.3) is 0 Å². The van der Waals surface area contributed by atoms with Crippen molar-refractivity contribution in [2.75, 3.05) is 22.2 Å². The summed E-state index contributed by atoms with van der Waals surface area (Å²) in [5.74, 6) is 0.280. The van der Waals surface area contributed by atoms with Crippen molar-refractivity contribution in [3.8, 4) is 0 Å². The van der Waals surface area contributed by atoms with Crippen molar-refractivity contribution in [2.45, 2.75) is 12.8 Å². The zero-order chi connectivity index (χ0) is 15.7. The van der Waals surface area contributed by atoms with Gasteiger partial charge in [0.2, 0.25) is 0 Å². The lowest BCUT2D eigenvalue weighted by atomic mass is 9.74. The molecule has 0 aliphatic carbocycles. The SMILES string of the molecule is O=S1(=O)CCC(C(CBr)(CBr)Cc2cc(F)ccc2Br)C1. The van der Waals surface area contributed by atoms with Crippen molar-refractivity contribution in [3.63, 3.8) is 0 Å². The first kappa shape index (κ1) is 17.9. The molecule has 21 heavy (non-hydrogen) atoms. The zero-order valence-electron chi connectivity index (χ0n) is 11.3. The van der Waals surface area contributed by atoms with Crippen LogP contribution >= 0.6 is 47.8 Å². The smallest absolute Gasteiger partial charge is 0.150 e. The van der Waals surface area contributed by atoms with Crippen LogP contribution in [0.25, 0.3) is 0 Å².